The molecular formula is C11H15ClN4O5. The number of rotatable bonds is 5. The fourth-order valence-corrected chi connectivity index (χ4v) is 2.02. The summed E-state index contributed by atoms with van der Waals surface area (Å²) in [6, 6.07) is 2.22. The Hall–Kier alpha value is -2.13. The minimum absolute atomic E-state index is 0. The summed E-state index contributed by atoms with van der Waals surface area (Å²) in [6.07, 6.45) is 2.30. The number of furan rings is 1. The summed E-state index contributed by atoms with van der Waals surface area (Å²) < 4.78 is 4.68. The van der Waals surface area contributed by atoms with Gasteiger partial charge >= 0.3 is 11.9 Å². The summed E-state index contributed by atoms with van der Waals surface area (Å²) in [5, 5.41) is 13.9. The smallest absolute Gasteiger partial charge is 0.433 e. The molecule has 3 N–H and O–H groups in total. The van der Waals surface area contributed by atoms with Gasteiger partial charge in [0, 0.05) is 12.8 Å². The van der Waals surface area contributed by atoms with Crippen molar-refractivity contribution in [3.8, 4) is 0 Å². The van der Waals surface area contributed by atoms with Crippen molar-refractivity contribution in [3.05, 3.63) is 28.0 Å². The SMILES string of the molecule is N/C(C[NH+]1CCCC1)=N\OC(=O)c1ccc([N+](=O)[O-])o1.[Cl-]. The molecule has 0 atom stereocenters. The highest BCUT2D eigenvalue weighted by atomic mass is 35.5. The number of hydrogen-bond donors (Lipinski definition) is 2. The molecule has 0 spiro atoms. The van der Waals surface area contributed by atoms with Gasteiger partial charge in [0.25, 0.3) is 0 Å². The number of nitrogens with one attached hydrogen (secondary N) is 1. The molecule has 1 aliphatic rings. The molecule has 1 aromatic heterocycles. The third-order valence-corrected chi connectivity index (χ3v) is 2.96. The second kappa shape index (κ2) is 7.60. The Morgan fingerprint density at radius 3 is 2.71 bits per heavy atom. The van der Waals surface area contributed by atoms with Crippen LogP contribution < -0.4 is 23.0 Å². The summed E-state index contributed by atoms with van der Waals surface area (Å²) >= 11 is 0. The summed E-state index contributed by atoms with van der Waals surface area (Å²) in [6.45, 7) is 2.55. The highest BCUT2D eigenvalue weighted by Gasteiger charge is 2.20. The van der Waals surface area contributed by atoms with Crippen LogP contribution in [0.3, 0.4) is 0 Å². The zero-order chi connectivity index (χ0) is 14.5. The van der Waals surface area contributed by atoms with Gasteiger partial charge in [-0.1, -0.05) is 5.16 Å². The third kappa shape index (κ3) is 4.72. The molecule has 0 aliphatic carbocycles. The normalized spacial score (nSPS) is 15.5. The molecule has 9 nitrogen and oxygen atoms in total. The van der Waals surface area contributed by atoms with Crippen molar-refractivity contribution in [1.82, 2.24) is 0 Å². The molecule has 116 valence electrons. The number of amidine groups is 1. The number of hydrogen-bond acceptors (Lipinski definition) is 6. The largest absolute Gasteiger partial charge is 1.00 e. The number of oxime groups is 1. The van der Waals surface area contributed by atoms with Crippen LogP contribution in [0.2, 0.25) is 0 Å². The number of quaternary nitrogens is 1. The number of carbonyl (C=O) groups is 1. The monoisotopic (exact) mass is 318 g/mol. The Morgan fingerprint density at radius 1 is 1.48 bits per heavy atom. The van der Waals surface area contributed by atoms with Crippen LogP contribution in [0.25, 0.3) is 0 Å². The van der Waals surface area contributed by atoms with Crippen molar-refractivity contribution in [1.29, 1.82) is 0 Å². The summed E-state index contributed by atoms with van der Waals surface area (Å²) in [5.41, 5.74) is 5.65. The Labute approximate surface area is 126 Å². The van der Waals surface area contributed by atoms with Crippen LogP contribution in [-0.4, -0.2) is 36.4 Å². The zero-order valence-electron chi connectivity index (χ0n) is 11.1. The first kappa shape index (κ1) is 16.9. The van der Waals surface area contributed by atoms with Crippen molar-refractivity contribution < 1.29 is 36.3 Å². The Kier molecular flexibility index (Phi) is 6.12. The molecular weight excluding hydrogens is 304 g/mol. The van der Waals surface area contributed by atoms with E-state index in [1.165, 1.54) is 4.90 Å². The highest BCUT2D eigenvalue weighted by Crippen LogP contribution is 2.16. The molecule has 21 heavy (non-hydrogen) atoms. The maximum Gasteiger partial charge on any atom is 0.433 e. The molecule has 2 heterocycles. The van der Waals surface area contributed by atoms with Crippen molar-refractivity contribution in [2.45, 2.75) is 12.8 Å². The first-order valence-electron chi connectivity index (χ1n) is 6.18. The molecule has 1 fully saturated rings. The molecule has 0 unspecified atom stereocenters. The maximum atomic E-state index is 11.5. The molecule has 1 saturated heterocycles. The minimum Gasteiger partial charge on any atom is -1.00 e. The molecule has 10 heteroatoms. The number of nitro groups is 1. The van der Waals surface area contributed by atoms with Gasteiger partial charge in [-0.05, 0) is 6.07 Å². The molecule has 1 aliphatic heterocycles. The van der Waals surface area contributed by atoms with Gasteiger partial charge in [-0.15, -0.1) is 0 Å². The first-order chi connectivity index (χ1) is 9.56. The van der Waals surface area contributed by atoms with E-state index in [0.717, 1.165) is 38.1 Å². The van der Waals surface area contributed by atoms with Crippen LogP contribution in [0.1, 0.15) is 23.4 Å². The van der Waals surface area contributed by atoms with E-state index in [9.17, 15) is 14.9 Å². The lowest BCUT2D eigenvalue weighted by molar-refractivity contribution is -0.877. The Morgan fingerprint density at radius 2 is 2.14 bits per heavy atom. The topological polar surface area (TPSA) is 125 Å². The minimum atomic E-state index is -0.919. The van der Waals surface area contributed by atoms with Crippen LogP contribution in [0.15, 0.2) is 21.7 Å². The lowest BCUT2D eigenvalue weighted by Gasteiger charge is -2.10. The van der Waals surface area contributed by atoms with Gasteiger partial charge in [0.2, 0.25) is 5.76 Å². The van der Waals surface area contributed by atoms with Crippen LogP contribution >= 0.6 is 0 Å². The predicted molar refractivity (Wildman–Crippen MR) is 67.2 cm³/mol. The van der Waals surface area contributed by atoms with Gasteiger partial charge in [0.1, 0.15) is 11.5 Å². The van der Waals surface area contributed by atoms with Gasteiger partial charge < -0.3 is 32.3 Å². The molecule has 0 saturated carbocycles. The molecule has 0 bridgehead atoms. The molecule has 1 aromatic rings. The molecule has 2 rings (SSSR count). The van der Waals surface area contributed by atoms with E-state index in [2.05, 4.69) is 14.4 Å². The van der Waals surface area contributed by atoms with Crippen LogP contribution in [0.4, 0.5) is 5.88 Å². The summed E-state index contributed by atoms with van der Waals surface area (Å²) in [7, 11) is 0. The second-order valence-corrected chi connectivity index (χ2v) is 4.49. The molecule has 0 radical (unpaired) electrons. The van der Waals surface area contributed by atoms with Gasteiger partial charge in [-0.25, -0.2) is 4.79 Å². The van der Waals surface area contributed by atoms with Crippen LogP contribution in [0.5, 0.6) is 0 Å². The number of halogens is 1. The fourth-order valence-electron chi connectivity index (χ4n) is 2.02. The van der Waals surface area contributed by atoms with E-state index >= 15 is 0 Å². The lowest BCUT2D eigenvalue weighted by Crippen LogP contribution is -3.11. The van der Waals surface area contributed by atoms with E-state index in [-0.39, 0.29) is 24.0 Å². The van der Waals surface area contributed by atoms with Gasteiger partial charge in [-0.2, -0.15) is 0 Å². The van der Waals surface area contributed by atoms with Gasteiger partial charge in [0.15, 0.2) is 5.84 Å². The average molecular weight is 319 g/mol. The average Bonchev–Trinajstić information content (AvgIpc) is 3.06. The van der Waals surface area contributed by atoms with E-state index in [1.807, 2.05) is 0 Å². The Bertz CT molecular complexity index is 538. The predicted octanol–water partition coefficient (Wildman–Crippen LogP) is -3.70. The first-order valence-corrected chi connectivity index (χ1v) is 6.18. The van der Waals surface area contributed by atoms with Crippen LogP contribution in [0, 0.1) is 10.1 Å². The van der Waals surface area contributed by atoms with Crippen molar-refractivity contribution >= 4 is 17.7 Å². The lowest BCUT2D eigenvalue weighted by atomic mass is 10.4. The number of nitrogens with zero attached hydrogens (tertiary/aromatic N) is 2. The molecule has 0 amide bonds. The number of nitrogens with two attached hydrogens (primary N) is 1. The number of carbonyl (C=O) groups excluding carboxylic acids is 1. The maximum absolute atomic E-state index is 11.5. The number of likely N-dealkylation sites (tertiary alicyclic amines) is 1. The van der Waals surface area contributed by atoms with Crippen LogP contribution in [-0.2, 0) is 4.84 Å². The van der Waals surface area contributed by atoms with E-state index < -0.39 is 16.8 Å². The highest BCUT2D eigenvalue weighted by molar-refractivity contribution is 5.88. The van der Waals surface area contributed by atoms with E-state index in [4.69, 9.17) is 5.73 Å². The van der Waals surface area contributed by atoms with E-state index in [0.29, 0.717) is 6.54 Å². The summed E-state index contributed by atoms with van der Waals surface area (Å²) in [4.78, 5) is 27.1. The van der Waals surface area contributed by atoms with Crippen molar-refractivity contribution in [2.75, 3.05) is 19.6 Å². The quantitative estimate of drug-likeness (QED) is 0.189. The van der Waals surface area contributed by atoms with Crippen molar-refractivity contribution in [3.63, 3.8) is 0 Å². The fraction of sp³-hybridized carbons (Fsp3) is 0.455. The van der Waals surface area contributed by atoms with Gasteiger partial charge in [-0.3, -0.25) is 10.1 Å². The standard InChI is InChI=1S/C11H14N4O5.ClH/c12-9(7-14-5-1-2-6-14)13-20-11(16)8-3-4-10(19-8)15(17)18;/h3-4H,1-2,5-7H2,(H2,12,13);1H. The Balaban J connectivity index is 0.00000220. The summed E-state index contributed by atoms with van der Waals surface area (Å²) in [5.74, 6) is -1.54. The van der Waals surface area contributed by atoms with Gasteiger partial charge in [0.05, 0.1) is 19.2 Å². The third-order valence-electron chi connectivity index (χ3n) is 2.96. The zero-order valence-corrected chi connectivity index (χ0v) is 11.8. The van der Waals surface area contributed by atoms with E-state index in [1.54, 1.807) is 0 Å². The molecule has 0 aromatic carbocycles. The second-order valence-electron chi connectivity index (χ2n) is 4.49. The van der Waals surface area contributed by atoms with Crippen molar-refractivity contribution in [2.24, 2.45) is 10.9 Å².